The standard InChI is InChI=1S/C11H12Cl2N2O2S/c12-8-4-7(5-9(13)6-8)10(17)15-11(18)14-2-1-3-16/h4-6,16H,1-3H2,(H2,14,15,17,18). The molecule has 0 saturated heterocycles. The Morgan fingerprint density at radius 3 is 2.44 bits per heavy atom. The summed E-state index contributed by atoms with van der Waals surface area (Å²) in [6.45, 7) is 0.555. The summed E-state index contributed by atoms with van der Waals surface area (Å²) in [7, 11) is 0. The zero-order valence-electron chi connectivity index (χ0n) is 9.37. The maximum atomic E-state index is 11.8. The molecule has 0 radical (unpaired) electrons. The zero-order chi connectivity index (χ0) is 13.5. The SMILES string of the molecule is O=C(NC(=S)NCCCO)c1cc(Cl)cc(Cl)c1. The third-order valence-corrected chi connectivity index (χ3v) is 2.66. The fourth-order valence-corrected chi connectivity index (χ4v) is 1.91. The van der Waals surface area contributed by atoms with Gasteiger partial charge in [0.25, 0.3) is 5.91 Å². The summed E-state index contributed by atoms with van der Waals surface area (Å²) < 4.78 is 0. The van der Waals surface area contributed by atoms with Gasteiger partial charge >= 0.3 is 0 Å². The van der Waals surface area contributed by atoms with Gasteiger partial charge in [-0.25, -0.2) is 0 Å². The van der Waals surface area contributed by atoms with Crippen LogP contribution in [0.4, 0.5) is 0 Å². The van der Waals surface area contributed by atoms with E-state index < -0.39 is 0 Å². The molecule has 1 aromatic rings. The van der Waals surface area contributed by atoms with Crippen LogP contribution in [0.1, 0.15) is 16.8 Å². The molecule has 0 aliphatic rings. The number of hydrogen-bond acceptors (Lipinski definition) is 3. The molecule has 0 aromatic heterocycles. The van der Waals surface area contributed by atoms with Crippen LogP contribution in [0.25, 0.3) is 0 Å². The van der Waals surface area contributed by atoms with Crippen molar-refractivity contribution in [2.45, 2.75) is 6.42 Å². The Morgan fingerprint density at radius 1 is 1.28 bits per heavy atom. The molecule has 0 saturated carbocycles. The molecule has 1 rings (SSSR count). The van der Waals surface area contributed by atoms with Gasteiger partial charge in [-0.15, -0.1) is 0 Å². The van der Waals surface area contributed by atoms with Crippen LogP contribution in [0.2, 0.25) is 10.0 Å². The molecule has 0 unspecified atom stereocenters. The lowest BCUT2D eigenvalue weighted by molar-refractivity contribution is 0.0976. The highest BCUT2D eigenvalue weighted by atomic mass is 35.5. The Bertz CT molecular complexity index is 434. The van der Waals surface area contributed by atoms with E-state index in [2.05, 4.69) is 10.6 Å². The number of rotatable bonds is 4. The number of amides is 1. The van der Waals surface area contributed by atoms with Crippen LogP contribution < -0.4 is 10.6 Å². The van der Waals surface area contributed by atoms with E-state index in [0.717, 1.165) is 0 Å². The fourth-order valence-electron chi connectivity index (χ4n) is 1.19. The second-order valence-electron chi connectivity index (χ2n) is 3.45. The van der Waals surface area contributed by atoms with Crippen LogP contribution >= 0.6 is 35.4 Å². The molecule has 1 aromatic carbocycles. The van der Waals surface area contributed by atoms with E-state index in [1.54, 1.807) is 0 Å². The van der Waals surface area contributed by atoms with Crippen LogP contribution in [0, 0.1) is 0 Å². The normalized spacial score (nSPS) is 9.94. The summed E-state index contributed by atoms with van der Waals surface area (Å²) in [4.78, 5) is 11.8. The first-order chi connectivity index (χ1) is 8.52. The molecular formula is C11H12Cl2N2O2S. The lowest BCUT2D eigenvalue weighted by atomic mass is 10.2. The molecule has 0 aliphatic heterocycles. The molecule has 0 aliphatic carbocycles. The summed E-state index contributed by atoms with van der Waals surface area (Å²) in [5.41, 5.74) is 0.332. The zero-order valence-corrected chi connectivity index (χ0v) is 11.7. The van der Waals surface area contributed by atoms with Crippen molar-refractivity contribution in [1.29, 1.82) is 0 Å². The lowest BCUT2D eigenvalue weighted by Gasteiger charge is -2.09. The number of carbonyl (C=O) groups is 1. The smallest absolute Gasteiger partial charge is 0.257 e. The third kappa shape index (κ3) is 5.18. The second-order valence-corrected chi connectivity index (χ2v) is 4.73. The summed E-state index contributed by atoms with van der Waals surface area (Å²) in [6, 6.07) is 4.54. The highest BCUT2D eigenvalue weighted by Crippen LogP contribution is 2.18. The molecule has 3 N–H and O–H groups in total. The molecule has 0 fully saturated rings. The second kappa shape index (κ2) is 7.53. The van der Waals surface area contributed by atoms with Gasteiger partial charge < -0.3 is 10.4 Å². The Kier molecular flexibility index (Phi) is 6.35. The van der Waals surface area contributed by atoms with Crippen LogP contribution in [0.15, 0.2) is 18.2 Å². The third-order valence-electron chi connectivity index (χ3n) is 1.97. The highest BCUT2D eigenvalue weighted by Gasteiger charge is 2.09. The largest absolute Gasteiger partial charge is 0.396 e. The van der Waals surface area contributed by atoms with Crippen molar-refractivity contribution in [2.75, 3.05) is 13.2 Å². The Balaban J connectivity index is 2.56. The van der Waals surface area contributed by atoms with Gasteiger partial charge in [0.05, 0.1) is 0 Å². The van der Waals surface area contributed by atoms with E-state index in [1.807, 2.05) is 0 Å². The van der Waals surface area contributed by atoms with E-state index >= 15 is 0 Å². The van der Waals surface area contributed by atoms with Gasteiger partial charge in [-0.05, 0) is 36.8 Å². The summed E-state index contributed by atoms with van der Waals surface area (Å²) in [5, 5.41) is 14.8. The predicted molar refractivity (Wildman–Crippen MR) is 76.2 cm³/mol. The van der Waals surface area contributed by atoms with Gasteiger partial charge in [0, 0.05) is 28.8 Å². The summed E-state index contributed by atoms with van der Waals surface area (Å²) >= 11 is 16.5. The molecule has 18 heavy (non-hydrogen) atoms. The number of hydrogen-bond donors (Lipinski definition) is 3. The maximum absolute atomic E-state index is 11.8. The predicted octanol–water partition coefficient (Wildman–Crippen LogP) is 1.98. The van der Waals surface area contributed by atoms with Crippen molar-refractivity contribution in [3.05, 3.63) is 33.8 Å². The molecule has 0 atom stereocenters. The number of thiocarbonyl (C=S) groups is 1. The maximum Gasteiger partial charge on any atom is 0.257 e. The molecule has 1 amide bonds. The van der Waals surface area contributed by atoms with E-state index in [0.29, 0.717) is 28.6 Å². The molecule has 0 spiro atoms. The van der Waals surface area contributed by atoms with E-state index in [9.17, 15) is 4.79 Å². The minimum atomic E-state index is -0.388. The quantitative estimate of drug-likeness (QED) is 0.588. The van der Waals surface area contributed by atoms with E-state index in [1.165, 1.54) is 18.2 Å². The van der Waals surface area contributed by atoms with Crippen molar-refractivity contribution in [3.8, 4) is 0 Å². The van der Waals surface area contributed by atoms with Crippen molar-refractivity contribution in [3.63, 3.8) is 0 Å². The number of aliphatic hydroxyl groups is 1. The average molecular weight is 307 g/mol. The van der Waals surface area contributed by atoms with Gasteiger partial charge in [0.2, 0.25) is 0 Å². The molecule has 7 heteroatoms. The van der Waals surface area contributed by atoms with Gasteiger partial charge in [-0.1, -0.05) is 23.2 Å². The number of aliphatic hydroxyl groups excluding tert-OH is 1. The molecule has 4 nitrogen and oxygen atoms in total. The first-order valence-corrected chi connectivity index (χ1v) is 6.35. The Labute approximate surface area is 120 Å². The van der Waals surface area contributed by atoms with E-state index in [-0.39, 0.29) is 17.6 Å². The average Bonchev–Trinajstić information content (AvgIpc) is 2.28. The van der Waals surface area contributed by atoms with Gasteiger partial charge in [0.1, 0.15) is 0 Å². The van der Waals surface area contributed by atoms with E-state index in [4.69, 9.17) is 40.5 Å². The topological polar surface area (TPSA) is 61.4 Å². The fraction of sp³-hybridized carbons (Fsp3) is 0.273. The summed E-state index contributed by atoms with van der Waals surface area (Å²) in [5.74, 6) is -0.388. The number of nitrogens with one attached hydrogen (secondary N) is 2. The van der Waals surface area contributed by atoms with Crippen molar-refractivity contribution in [1.82, 2.24) is 10.6 Å². The Hall–Kier alpha value is -0.880. The number of benzene rings is 1. The van der Waals surface area contributed by atoms with Gasteiger partial charge in [0.15, 0.2) is 5.11 Å². The highest BCUT2D eigenvalue weighted by molar-refractivity contribution is 7.80. The molecule has 0 bridgehead atoms. The van der Waals surface area contributed by atoms with Gasteiger partial charge in [-0.2, -0.15) is 0 Å². The van der Waals surface area contributed by atoms with Crippen molar-refractivity contribution in [2.24, 2.45) is 0 Å². The van der Waals surface area contributed by atoms with Gasteiger partial charge in [-0.3, -0.25) is 10.1 Å². The minimum Gasteiger partial charge on any atom is -0.396 e. The van der Waals surface area contributed by atoms with Crippen molar-refractivity contribution < 1.29 is 9.90 Å². The van der Waals surface area contributed by atoms with Crippen molar-refractivity contribution >= 4 is 46.4 Å². The minimum absolute atomic E-state index is 0.0630. The first kappa shape index (κ1) is 15.2. The number of halogens is 2. The number of carbonyl (C=O) groups excluding carboxylic acids is 1. The Morgan fingerprint density at radius 2 is 1.89 bits per heavy atom. The lowest BCUT2D eigenvalue weighted by Crippen LogP contribution is -2.39. The molecule has 98 valence electrons. The van der Waals surface area contributed by atoms with Crippen LogP contribution in [0.3, 0.4) is 0 Å². The van der Waals surface area contributed by atoms with Crippen LogP contribution in [0.5, 0.6) is 0 Å². The summed E-state index contributed by atoms with van der Waals surface area (Å²) in [6.07, 6.45) is 0.555. The molecular weight excluding hydrogens is 295 g/mol. The van der Waals surface area contributed by atoms with Crippen LogP contribution in [-0.2, 0) is 0 Å². The first-order valence-electron chi connectivity index (χ1n) is 5.19. The molecule has 0 heterocycles. The van der Waals surface area contributed by atoms with Crippen LogP contribution in [-0.4, -0.2) is 29.3 Å². The monoisotopic (exact) mass is 306 g/mol.